The zero-order valence-electron chi connectivity index (χ0n) is 15.8. The van der Waals surface area contributed by atoms with Gasteiger partial charge in [-0.2, -0.15) is 0 Å². The Morgan fingerprint density at radius 1 is 1.17 bits per heavy atom. The number of aliphatic hydroxyl groups is 1. The fourth-order valence-electron chi connectivity index (χ4n) is 3.76. The molecule has 1 amide bonds. The molecule has 1 aliphatic rings. The first kappa shape index (κ1) is 18.0. The van der Waals surface area contributed by atoms with Gasteiger partial charge in [-0.05, 0) is 48.4 Å². The van der Waals surface area contributed by atoms with Crippen LogP contribution in [0.4, 0.5) is 0 Å². The molecule has 2 heterocycles. The third kappa shape index (κ3) is 3.30. The lowest BCUT2D eigenvalue weighted by Gasteiger charge is -2.18. The van der Waals surface area contributed by atoms with Crippen molar-refractivity contribution in [2.75, 3.05) is 0 Å². The molecule has 6 heteroatoms. The second-order valence-corrected chi connectivity index (χ2v) is 8.34. The lowest BCUT2D eigenvalue weighted by atomic mass is 10.1. The number of hydrogen-bond acceptors (Lipinski definition) is 5. The molecule has 2 aromatic carbocycles. The van der Waals surface area contributed by atoms with E-state index in [1.54, 1.807) is 6.07 Å². The Morgan fingerprint density at radius 3 is 2.86 bits per heavy atom. The Balaban J connectivity index is 1.42. The van der Waals surface area contributed by atoms with E-state index < -0.39 is 6.10 Å². The summed E-state index contributed by atoms with van der Waals surface area (Å²) in [5.74, 6) is -0.195. The molecule has 0 spiro atoms. The van der Waals surface area contributed by atoms with Gasteiger partial charge in [-0.1, -0.05) is 24.3 Å². The molecule has 5 rings (SSSR count). The van der Waals surface area contributed by atoms with Crippen molar-refractivity contribution >= 4 is 27.5 Å². The summed E-state index contributed by atoms with van der Waals surface area (Å²) in [6, 6.07) is 16.9. The monoisotopic (exact) mass is 401 g/mol. The molecular formula is C23H19N3O2S. The van der Waals surface area contributed by atoms with Crippen LogP contribution < -0.4 is 5.32 Å². The zero-order chi connectivity index (χ0) is 20.0. The molecule has 0 unspecified atom stereocenters. The second-order valence-electron chi connectivity index (χ2n) is 7.31. The Hall–Kier alpha value is -3.09. The Labute approximate surface area is 172 Å². The van der Waals surface area contributed by atoms with Gasteiger partial charge in [0.1, 0.15) is 5.01 Å². The summed E-state index contributed by atoms with van der Waals surface area (Å²) in [6.07, 6.45) is 1.77. The van der Waals surface area contributed by atoms with Crippen molar-refractivity contribution in [3.05, 3.63) is 83.2 Å². The molecule has 144 valence electrons. The minimum Gasteiger partial charge on any atom is -0.390 e. The number of fused-ring (bicyclic) bond motifs is 2. The highest BCUT2D eigenvalue weighted by Gasteiger charge is 2.32. The largest absolute Gasteiger partial charge is 0.390 e. The number of aromatic nitrogens is 2. The number of rotatable bonds is 3. The Kier molecular flexibility index (Phi) is 4.38. The maximum absolute atomic E-state index is 12.9. The third-order valence-corrected chi connectivity index (χ3v) is 6.37. The Bertz CT molecular complexity index is 1220. The molecule has 0 aliphatic heterocycles. The van der Waals surface area contributed by atoms with Crippen LogP contribution in [0, 0.1) is 6.92 Å². The number of nitrogens with one attached hydrogen (secondary N) is 1. The topological polar surface area (TPSA) is 75.1 Å². The summed E-state index contributed by atoms with van der Waals surface area (Å²) >= 11 is 1.54. The number of pyridine rings is 1. The van der Waals surface area contributed by atoms with Gasteiger partial charge < -0.3 is 10.4 Å². The van der Waals surface area contributed by atoms with Crippen molar-refractivity contribution in [1.29, 1.82) is 0 Å². The first-order valence-electron chi connectivity index (χ1n) is 9.49. The predicted molar refractivity (Wildman–Crippen MR) is 114 cm³/mol. The van der Waals surface area contributed by atoms with Crippen LogP contribution in [-0.2, 0) is 6.42 Å². The Morgan fingerprint density at radius 2 is 2.03 bits per heavy atom. The third-order valence-electron chi connectivity index (χ3n) is 5.30. The number of aryl methyl sites for hydroxylation is 1. The number of aliphatic hydroxyl groups excluding tert-OH is 1. The van der Waals surface area contributed by atoms with E-state index in [2.05, 4.69) is 15.3 Å². The van der Waals surface area contributed by atoms with Crippen LogP contribution in [0.1, 0.15) is 33.2 Å². The molecule has 2 aromatic heterocycles. The molecule has 4 aromatic rings. The molecule has 5 nitrogen and oxygen atoms in total. The first-order chi connectivity index (χ1) is 14.1. The van der Waals surface area contributed by atoms with Gasteiger partial charge in [-0.3, -0.25) is 9.78 Å². The van der Waals surface area contributed by atoms with Crippen molar-refractivity contribution in [3.63, 3.8) is 0 Å². The molecule has 0 radical (unpaired) electrons. The summed E-state index contributed by atoms with van der Waals surface area (Å²) in [6.45, 7) is 1.95. The molecule has 29 heavy (non-hydrogen) atoms. The number of carbonyl (C=O) groups is 1. The van der Waals surface area contributed by atoms with Gasteiger partial charge in [-0.15, -0.1) is 11.3 Å². The van der Waals surface area contributed by atoms with Gasteiger partial charge in [0.25, 0.3) is 5.91 Å². The van der Waals surface area contributed by atoms with E-state index in [0.29, 0.717) is 12.0 Å². The molecular weight excluding hydrogens is 382 g/mol. The van der Waals surface area contributed by atoms with Crippen molar-refractivity contribution in [2.24, 2.45) is 0 Å². The van der Waals surface area contributed by atoms with E-state index in [0.717, 1.165) is 37.6 Å². The van der Waals surface area contributed by atoms with E-state index >= 15 is 0 Å². The van der Waals surface area contributed by atoms with Gasteiger partial charge in [0.2, 0.25) is 0 Å². The number of nitrogens with zero attached hydrogens (tertiary/aromatic N) is 2. The van der Waals surface area contributed by atoms with Crippen molar-refractivity contribution in [1.82, 2.24) is 15.3 Å². The van der Waals surface area contributed by atoms with E-state index in [1.807, 2.05) is 61.7 Å². The van der Waals surface area contributed by atoms with Crippen molar-refractivity contribution < 1.29 is 9.90 Å². The molecule has 0 saturated heterocycles. The average molecular weight is 401 g/mol. The van der Waals surface area contributed by atoms with Crippen molar-refractivity contribution in [2.45, 2.75) is 25.5 Å². The normalized spacial score (nSPS) is 18.0. The van der Waals surface area contributed by atoms with E-state index in [9.17, 15) is 9.90 Å². The van der Waals surface area contributed by atoms with Crippen LogP contribution in [0.3, 0.4) is 0 Å². The quantitative estimate of drug-likeness (QED) is 0.543. The lowest BCUT2D eigenvalue weighted by molar-refractivity contribution is 0.0858. The first-order valence-corrected chi connectivity index (χ1v) is 10.3. The summed E-state index contributed by atoms with van der Waals surface area (Å²) in [4.78, 5) is 21.9. The highest BCUT2D eigenvalue weighted by Crippen LogP contribution is 2.33. The van der Waals surface area contributed by atoms with Gasteiger partial charge in [0.05, 0.1) is 22.4 Å². The smallest absolute Gasteiger partial charge is 0.251 e. The standard InChI is InChI=1S/C23H19N3O2S/c1-13-6-7-16(12-24-13)23-25-18-9-8-15(11-20(18)29-23)22(28)26-21-17-5-3-2-4-14(17)10-19(21)27/h2-9,11-12,19,21,27H,10H2,1H3,(H,26,28)/t19-,21+/m0/s1. The van der Waals surface area contributed by atoms with Crippen molar-refractivity contribution in [3.8, 4) is 10.6 Å². The fraction of sp³-hybridized carbons (Fsp3) is 0.174. The highest BCUT2D eigenvalue weighted by molar-refractivity contribution is 7.21. The van der Waals surface area contributed by atoms with Gasteiger partial charge in [-0.25, -0.2) is 4.98 Å². The number of thiazole rings is 1. The van der Waals surface area contributed by atoms with Crippen LogP contribution in [0.5, 0.6) is 0 Å². The summed E-state index contributed by atoms with van der Waals surface area (Å²) in [7, 11) is 0. The van der Waals surface area contributed by atoms with Crippen LogP contribution in [0.2, 0.25) is 0 Å². The number of benzene rings is 2. The summed E-state index contributed by atoms with van der Waals surface area (Å²) < 4.78 is 0.945. The zero-order valence-corrected chi connectivity index (χ0v) is 16.6. The minimum atomic E-state index is -0.607. The fourth-order valence-corrected chi connectivity index (χ4v) is 4.75. The number of carbonyl (C=O) groups excluding carboxylic acids is 1. The van der Waals surface area contributed by atoms with Gasteiger partial charge >= 0.3 is 0 Å². The van der Waals surface area contributed by atoms with E-state index in [4.69, 9.17) is 0 Å². The lowest BCUT2D eigenvalue weighted by Crippen LogP contribution is -2.33. The number of hydrogen-bond donors (Lipinski definition) is 2. The molecule has 0 saturated carbocycles. The van der Waals surface area contributed by atoms with Crippen LogP contribution >= 0.6 is 11.3 Å². The molecule has 2 atom stereocenters. The van der Waals surface area contributed by atoms with Crippen LogP contribution in [0.25, 0.3) is 20.8 Å². The summed E-state index contributed by atoms with van der Waals surface area (Å²) in [5.41, 5.74) is 5.42. The second kappa shape index (κ2) is 7.06. The molecule has 0 bridgehead atoms. The molecule has 0 fully saturated rings. The van der Waals surface area contributed by atoms with Gasteiger partial charge in [0.15, 0.2) is 0 Å². The van der Waals surface area contributed by atoms with Crippen LogP contribution in [0.15, 0.2) is 60.8 Å². The maximum atomic E-state index is 12.9. The SMILES string of the molecule is Cc1ccc(-c2nc3ccc(C(=O)N[C@@H]4c5ccccc5C[C@@H]4O)cc3s2)cn1. The van der Waals surface area contributed by atoms with E-state index in [-0.39, 0.29) is 11.9 Å². The van der Waals surface area contributed by atoms with E-state index in [1.165, 1.54) is 11.3 Å². The highest BCUT2D eigenvalue weighted by atomic mass is 32.1. The predicted octanol–water partition coefficient (Wildman–Crippen LogP) is 4.05. The average Bonchev–Trinajstić information content (AvgIpc) is 3.29. The maximum Gasteiger partial charge on any atom is 0.251 e. The van der Waals surface area contributed by atoms with Gasteiger partial charge in [0, 0.05) is 29.4 Å². The summed E-state index contributed by atoms with van der Waals surface area (Å²) in [5, 5.41) is 14.3. The molecule has 1 aliphatic carbocycles. The van der Waals surface area contributed by atoms with Crippen LogP contribution in [-0.4, -0.2) is 27.1 Å². The number of amides is 1. The molecule has 2 N–H and O–H groups in total. The minimum absolute atomic E-state index is 0.195.